The van der Waals surface area contributed by atoms with Gasteiger partial charge in [0, 0.05) is 28.6 Å². The number of unbranched alkanes of at least 4 members (excludes halogenated alkanes) is 1. The van der Waals surface area contributed by atoms with Crippen LogP contribution in [0.1, 0.15) is 56.2 Å². The minimum Gasteiger partial charge on any atom is -0.396 e. The number of aromatic nitrogens is 3. The van der Waals surface area contributed by atoms with Crippen LogP contribution in [0.4, 0.5) is 18.9 Å². The Hall–Kier alpha value is -3.77. The van der Waals surface area contributed by atoms with Crippen molar-refractivity contribution in [2.75, 3.05) is 18.5 Å². The van der Waals surface area contributed by atoms with Crippen molar-refractivity contribution in [3.8, 4) is 0 Å². The van der Waals surface area contributed by atoms with E-state index in [2.05, 4.69) is 36.6 Å². The van der Waals surface area contributed by atoms with Crippen LogP contribution in [0.15, 0.2) is 53.0 Å². The van der Waals surface area contributed by atoms with E-state index in [4.69, 9.17) is 5.11 Å². The summed E-state index contributed by atoms with van der Waals surface area (Å²) in [6.07, 6.45) is -3.41. The van der Waals surface area contributed by atoms with Gasteiger partial charge in [0.2, 0.25) is 0 Å². The third-order valence-electron chi connectivity index (χ3n) is 6.34. The van der Waals surface area contributed by atoms with E-state index in [1.165, 1.54) is 6.07 Å². The van der Waals surface area contributed by atoms with Gasteiger partial charge in [0.1, 0.15) is 5.69 Å². The molecule has 0 aliphatic rings. The van der Waals surface area contributed by atoms with Gasteiger partial charge in [-0.2, -0.15) is 18.3 Å². The van der Waals surface area contributed by atoms with Gasteiger partial charge in [0.05, 0.1) is 34.7 Å². The maximum absolute atomic E-state index is 13.5. The molecule has 210 valence electrons. The lowest BCUT2D eigenvalue weighted by Gasteiger charge is -2.13. The number of nitrogens with one attached hydrogen (secondary N) is 2. The minimum atomic E-state index is -4.72. The number of pyridine rings is 1. The summed E-state index contributed by atoms with van der Waals surface area (Å²) in [6.45, 7) is 4.37. The summed E-state index contributed by atoms with van der Waals surface area (Å²) in [7, 11) is 0. The Balaban J connectivity index is 1.54. The molecule has 2 amide bonds. The highest BCUT2D eigenvalue weighted by atomic mass is 79.9. The number of carbonyl (C=O) groups is 2. The number of aryl methyl sites for hydroxylation is 1. The number of alkyl halides is 3. The van der Waals surface area contributed by atoms with E-state index in [0.29, 0.717) is 53.0 Å². The van der Waals surface area contributed by atoms with E-state index in [-0.39, 0.29) is 29.0 Å². The summed E-state index contributed by atoms with van der Waals surface area (Å²) in [5.41, 5.74) is 1.62. The highest BCUT2D eigenvalue weighted by Crippen LogP contribution is 2.32. The fourth-order valence-electron chi connectivity index (χ4n) is 4.22. The summed E-state index contributed by atoms with van der Waals surface area (Å²) >= 11 is 3.30. The standard InChI is InChI=1S/C28H27BrF3N5O3/c1-16-25(35-27(40)22-14-24(28(30,31)32)34-23-10-9-20(29)13-21(22)23)17(2)37(36-16)15-18-5-7-19(8-6-18)26(39)33-11-3-4-12-38/h5-10,13-14,38H,3-4,11-12,15H2,1-2H3,(H,33,39)(H,35,40). The van der Waals surface area contributed by atoms with Gasteiger partial charge in [0.15, 0.2) is 0 Å². The van der Waals surface area contributed by atoms with Gasteiger partial charge >= 0.3 is 6.18 Å². The second kappa shape index (κ2) is 12.2. The predicted molar refractivity (Wildman–Crippen MR) is 148 cm³/mol. The summed E-state index contributed by atoms with van der Waals surface area (Å²) in [5.74, 6) is -0.916. The molecule has 4 aromatic rings. The molecule has 0 fully saturated rings. The lowest BCUT2D eigenvalue weighted by atomic mass is 10.1. The van der Waals surface area contributed by atoms with Gasteiger partial charge < -0.3 is 15.7 Å². The van der Waals surface area contributed by atoms with E-state index in [0.717, 1.165) is 11.6 Å². The average Bonchev–Trinajstić information content (AvgIpc) is 3.17. The molecular formula is C28H27BrF3N5O3. The minimum absolute atomic E-state index is 0.0506. The van der Waals surface area contributed by atoms with E-state index in [1.54, 1.807) is 54.9 Å². The number of hydrogen-bond donors (Lipinski definition) is 3. The van der Waals surface area contributed by atoms with Crippen molar-refractivity contribution in [1.29, 1.82) is 0 Å². The first-order valence-electron chi connectivity index (χ1n) is 12.5. The molecule has 12 heteroatoms. The Kier molecular flexibility index (Phi) is 8.89. The van der Waals surface area contributed by atoms with E-state index >= 15 is 0 Å². The number of aliphatic hydroxyl groups is 1. The zero-order valence-corrected chi connectivity index (χ0v) is 23.4. The summed E-state index contributed by atoms with van der Waals surface area (Å²) in [6, 6.07) is 12.3. The van der Waals surface area contributed by atoms with Crippen molar-refractivity contribution in [2.24, 2.45) is 0 Å². The van der Waals surface area contributed by atoms with Crippen LogP contribution >= 0.6 is 15.9 Å². The maximum Gasteiger partial charge on any atom is 0.433 e. The SMILES string of the molecule is Cc1nn(Cc2ccc(C(=O)NCCCCO)cc2)c(C)c1NC(=O)c1cc(C(F)(F)F)nc2ccc(Br)cc12. The van der Waals surface area contributed by atoms with Crippen LogP contribution in [0, 0.1) is 13.8 Å². The number of fused-ring (bicyclic) bond motifs is 1. The Bertz CT molecular complexity index is 1550. The fraction of sp³-hybridized carbons (Fsp3) is 0.286. The smallest absolute Gasteiger partial charge is 0.396 e. The Labute approximate surface area is 236 Å². The van der Waals surface area contributed by atoms with Crippen LogP contribution in [-0.2, 0) is 12.7 Å². The number of nitrogens with zero attached hydrogens (tertiary/aromatic N) is 3. The molecular weight excluding hydrogens is 591 g/mol. The number of benzene rings is 2. The second-order valence-electron chi connectivity index (χ2n) is 9.26. The lowest BCUT2D eigenvalue weighted by Crippen LogP contribution is -2.24. The van der Waals surface area contributed by atoms with Crippen molar-refractivity contribution in [1.82, 2.24) is 20.1 Å². The quantitative estimate of drug-likeness (QED) is 0.211. The highest BCUT2D eigenvalue weighted by molar-refractivity contribution is 9.10. The van der Waals surface area contributed by atoms with Gasteiger partial charge in [0.25, 0.3) is 11.8 Å². The van der Waals surface area contributed by atoms with Crippen molar-refractivity contribution < 1.29 is 27.9 Å². The molecule has 4 rings (SSSR count). The largest absolute Gasteiger partial charge is 0.433 e. The fourth-order valence-corrected chi connectivity index (χ4v) is 4.58. The normalized spacial score (nSPS) is 11.6. The van der Waals surface area contributed by atoms with Crippen molar-refractivity contribution in [3.05, 3.63) is 86.8 Å². The Morgan fingerprint density at radius 2 is 1.75 bits per heavy atom. The van der Waals surface area contributed by atoms with Crippen LogP contribution < -0.4 is 10.6 Å². The number of rotatable bonds is 9. The number of carbonyl (C=O) groups excluding carboxylic acids is 2. The summed E-state index contributed by atoms with van der Waals surface area (Å²) in [5, 5.41) is 19.2. The van der Waals surface area contributed by atoms with Crippen molar-refractivity contribution >= 4 is 44.3 Å². The maximum atomic E-state index is 13.5. The number of amides is 2. The van der Waals surface area contributed by atoms with E-state index in [9.17, 15) is 22.8 Å². The van der Waals surface area contributed by atoms with Gasteiger partial charge in [-0.3, -0.25) is 14.3 Å². The van der Waals surface area contributed by atoms with Gasteiger partial charge in [-0.05, 0) is 68.7 Å². The molecule has 8 nitrogen and oxygen atoms in total. The molecule has 0 radical (unpaired) electrons. The van der Waals surface area contributed by atoms with Gasteiger partial charge in [-0.1, -0.05) is 28.1 Å². The topological polar surface area (TPSA) is 109 Å². The Morgan fingerprint density at radius 1 is 1.02 bits per heavy atom. The molecule has 3 N–H and O–H groups in total. The zero-order chi connectivity index (χ0) is 29.0. The van der Waals surface area contributed by atoms with Crippen LogP contribution in [-0.4, -0.2) is 44.8 Å². The molecule has 0 atom stereocenters. The first kappa shape index (κ1) is 29.2. The second-order valence-corrected chi connectivity index (χ2v) is 10.2. The lowest BCUT2D eigenvalue weighted by molar-refractivity contribution is -0.141. The summed E-state index contributed by atoms with van der Waals surface area (Å²) in [4.78, 5) is 29.3. The van der Waals surface area contributed by atoms with Crippen LogP contribution in [0.25, 0.3) is 10.9 Å². The molecule has 0 saturated heterocycles. The molecule has 0 unspecified atom stereocenters. The van der Waals surface area contributed by atoms with Crippen LogP contribution in [0.3, 0.4) is 0 Å². The third-order valence-corrected chi connectivity index (χ3v) is 6.84. The Morgan fingerprint density at radius 3 is 2.42 bits per heavy atom. The van der Waals surface area contributed by atoms with Crippen LogP contribution in [0.5, 0.6) is 0 Å². The number of aliphatic hydroxyl groups excluding tert-OH is 1. The first-order chi connectivity index (χ1) is 19.0. The van der Waals surface area contributed by atoms with Crippen molar-refractivity contribution in [3.63, 3.8) is 0 Å². The predicted octanol–water partition coefficient (Wildman–Crippen LogP) is 5.63. The molecule has 0 aliphatic heterocycles. The van der Waals surface area contributed by atoms with Crippen LogP contribution in [0.2, 0.25) is 0 Å². The molecule has 40 heavy (non-hydrogen) atoms. The summed E-state index contributed by atoms with van der Waals surface area (Å²) < 4.78 is 42.8. The zero-order valence-electron chi connectivity index (χ0n) is 21.8. The first-order valence-corrected chi connectivity index (χ1v) is 13.3. The van der Waals surface area contributed by atoms with Crippen molar-refractivity contribution in [2.45, 2.75) is 39.4 Å². The molecule has 0 saturated carbocycles. The molecule has 0 bridgehead atoms. The molecule has 0 aliphatic carbocycles. The van der Waals surface area contributed by atoms with E-state index in [1.807, 2.05) is 0 Å². The molecule has 2 aromatic carbocycles. The average molecular weight is 618 g/mol. The molecule has 0 spiro atoms. The number of anilines is 1. The monoisotopic (exact) mass is 617 g/mol. The molecule has 2 aromatic heterocycles. The number of halogens is 4. The molecule has 2 heterocycles. The van der Waals surface area contributed by atoms with E-state index < -0.39 is 17.8 Å². The third kappa shape index (κ3) is 6.68. The van der Waals surface area contributed by atoms with Gasteiger partial charge in [-0.15, -0.1) is 0 Å². The number of hydrogen-bond acceptors (Lipinski definition) is 5. The highest BCUT2D eigenvalue weighted by Gasteiger charge is 2.34. The van der Waals surface area contributed by atoms with Gasteiger partial charge in [-0.25, -0.2) is 4.98 Å².